The molecule has 0 aliphatic rings. The Kier molecular flexibility index (Phi) is 5.04. The van der Waals surface area contributed by atoms with Gasteiger partial charge >= 0.3 is 11.7 Å². The van der Waals surface area contributed by atoms with Gasteiger partial charge in [0.25, 0.3) is 0 Å². The first-order chi connectivity index (χ1) is 10.0. The molecule has 1 atom stereocenters. The van der Waals surface area contributed by atoms with Crippen molar-refractivity contribution in [3.05, 3.63) is 28.1 Å². The average Bonchev–Trinajstić information content (AvgIpc) is 2.44. The van der Waals surface area contributed by atoms with Crippen LogP contribution in [0.25, 0.3) is 0 Å². The van der Waals surface area contributed by atoms with Crippen molar-refractivity contribution < 1.29 is 32.4 Å². The molecule has 1 N–H and O–H groups in total. The summed E-state index contributed by atoms with van der Waals surface area (Å²) < 4.78 is 43.3. The quantitative estimate of drug-likeness (QED) is 0.602. The molecule has 9 nitrogen and oxygen atoms in total. The van der Waals surface area contributed by atoms with Gasteiger partial charge in [0, 0.05) is 13.1 Å². The van der Waals surface area contributed by atoms with Crippen molar-refractivity contribution in [2.75, 3.05) is 14.2 Å². The van der Waals surface area contributed by atoms with Gasteiger partial charge in [-0.15, -0.1) is 0 Å². The first-order valence-corrected chi connectivity index (χ1v) is 7.20. The van der Waals surface area contributed by atoms with Gasteiger partial charge in [0.15, 0.2) is 5.82 Å². The average molecular weight is 336 g/mol. The number of nitro benzene ring substituents is 1. The van der Waals surface area contributed by atoms with Crippen LogP contribution in [0.1, 0.15) is 6.92 Å². The lowest BCUT2D eigenvalue weighted by atomic mass is 10.3. The van der Waals surface area contributed by atoms with Crippen LogP contribution in [0.3, 0.4) is 0 Å². The molecule has 122 valence electrons. The molecule has 0 heterocycles. The maximum Gasteiger partial charge on any atom is 0.321 e. The molecule has 0 aliphatic carbocycles. The number of hydrogen-bond acceptors (Lipinski definition) is 6. The number of nitro groups is 1. The highest BCUT2D eigenvalue weighted by Crippen LogP contribution is 2.33. The summed E-state index contributed by atoms with van der Waals surface area (Å²) in [5.41, 5.74) is -0.877. The van der Waals surface area contributed by atoms with E-state index in [-0.39, 0.29) is 0 Å². The van der Waals surface area contributed by atoms with E-state index < -0.39 is 49.1 Å². The van der Waals surface area contributed by atoms with Gasteiger partial charge in [-0.05, 0) is 13.0 Å². The summed E-state index contributed by atoms with van der Waals surface area (Å²) >= 11 is 0. The lowest BCUT2D eigenvalue weighted by Gasteiger charge is -2.21. The third-order valence-electron chi connectivity index (χ3n) is 2.98. The number of carboxylic acids is 1. The van der Waals surface area contributed by atoms with Crippen molar-refractivity contribution in [3.63, 3.8) is 0 Å². The Morgan fingerprint density at radius 3 is 2.45 bits per heavy atom. The number of benzene rings is 1. The van der Waals surface area contributed by atoms with Crippen LogP contribution in [-0.4, -0.2) is 48.9 Å². The van der Waals surface area contributed by atoms with Gasteiger partial charge in [-0.1, -0.05) is 0 Å². The third-order valence-corrected chi connectivity index (χ3v) is 4.88. The molecule has 0 radical (unpaired) electrons. The van der Waals surface area contributed by atoms with Gasteiger partial charge in [-0.3, -0.25) is 14.9 Å². The van der Waals surface area contributed by atoms with Crippen LogP contribution >= 0.6 is 0 Å². The number of carbonyl (C=O) groups is 1. The molecule has 0 spiro atoms. The minimum Gasteiger partial charge on any atom is -0.488 e. The van der Waals surface area contributed by atoms with Crippen molar-refractivity contribution in [1.29, 1.82) is 0 Å². The second-order valence-electron chi connectivity index (χ2n) is 4.25. The van der Waals surface area contributed by atoms with E-state index in [1.165, 1.54) is 0 Å². The molecule has 0 saturated carbocycles. The summed E-state index contributed by atoms with van der Waals surface area (Å²) in [4.78, 5) is 20.0. The van der Waals surface area contributed by atoms with Crippen LogP contribution in [0.5, 0.6) is 5.75 Å². The fourth-order valence-electron chi connectivity index (χ4n) is 1.57. The minimum atomic E-state index is -4.43. The Morgan fingerprint density at radius 2 is 2.05 bits per heavy atom. The molecule has 0 amide bonds. The molecule has 0 bridgehead atoms. The van der Waals surface area contributed by atoms with E-state index in [0.717, 1.165) is 21.1 Å². The molecule has 0 saturated heterocycles. The summed E-state index contributed by atoms with van der Waals surface area (Å²) in [5.74, 6) is -3.38. The highest BCUT2D eigenvalue weighted by atomic mass is 32.2. The van der Waals surface area contributed by atoms with Crippen molar-refractivity contribution in [1.82, 2.24) is 4.31 Å². The van der Waals surface area contributed by atoms with Crippen LogP contribution in [-0.2, 0) is 14.8 Å². The minimum absolute atomic E-state index is 0.473. The number of halogens is 1. The number of rotatable bonds is 6. The highest BCUT2D eigenvalue weighted by molar-refractivity contribution is 7.89. The predicted octanol–water partition coefficient (Wildman–Crippen LogP) is 0.836. The van der Waals surface area contributed by atoms with E-state index in [0.29, 0.717) is 16.4 Å². The Hall–Kier alpha value is -2.27. The zero-order chi connectivity index (χ0) is 17.2. The van der Waals surface area contributed by atoms with E-state index in [4.69, 9.17) is 5.11 Å². The lowest BCUT2D eigenvalue weighted by molar-refractivity contribution is -0.386. The Balaban J connectivity index is 3.50. The Bertz CT molecular complexity index is 719. The van der Waals surface area contributed by atoms with Crippen LogP contribution < -0.4 is 4.74 Å². The molecule has 22 heavy (non-hydrogen) atoms. The second kappa shape index (κ2) is 6.23. The van der Waals surface area contributed by atoms with E-state index in [9.17, 15) is 27.7 Å². The zero-order valence-corrected chi connectivity index (χ0v) is 12.6. The van der Waals surface area contributed by atoms with Gasteiger partial charge < -0.3 is 9.84 Å². The van der Waals surface area contributed by atoms with Crippen LogP contribution in [0, 0.1) is 15.9 Å². The first-order valence-electron chi connectivity index (χ1n) is 5.76. The summed E-state index contributed by atoms with van der Waals surface area (Å²) in [6.07, 6.45) is 0. The lowest BCUT2D eigenvalue weighted by Crippen LogP contribution is -2.40. The number of carboxylic acid groups (broad SMARTS) is 1. The van der Waals surface area contributed by atoms with Crippen LogP contribution in [0.2, 0.25) is 0 Å². The number of nitrogens with zero attached hydrogens (tertiary/aromatic N) is 2. The summed E-state index contributed by atoms with van der Waals surface area (Å²) in [7, 11) is -2.46. The number of ether oxygens (including phenoxy) is 1. The molecule has 0 aromatic heterocycles. The molecule has 1 aromatic rings. The normalized spacial score (nSPS) is 13.0. The van der Waals surface area contributed by atoms with Crippen molar-refractivity contribution in [2.24, 2.45) is 0 Å². The van der Waals surface area contributed by atoms with Gasteiger partial charge in [0.1, 0.15) is 6.04 Å². The van der Waals surface area contributed by atoms with Crippen molar-refractivity contribution in [2.45, 2.75) is 17.9 Å². The van der Waals surface area contributed by atoms with Crippen molar-refractivity contribution in [3.8, 4) is 5.75 Å². The summed E-state index contributed by atoms with van der Waals surface area (Å²) in [5, 5.41) is 19.7. The van der Waals surface area contributed by atoms with E-state index in [2.05, 4.69) is 4.74 Å². The number of aliphatic carboxylic acids is 1. The van der Waals surface area contributed by atoms with Gasteiger partial charge in [-0.2, -0.15) is 4.31 Å². The van der Waals surface area contributed by atoms with Crippen LogP contribution in [0.15, 0.2) is 17.0 Å². The smallest absolute Gasteiger partial charge is 0.321 e. The van der Waals surface area contributed by atoms with Gasteiger partial charge in [-0.25, -0.2) is 12.8 Å². The number of likely N-dealkylation sites (N-methyl/N-ethyl adjacent to an activating group) is 1. The fourth-order valence-corrected chi connectivity index (χ4v) is 2.92. The molecule has 0 aliphatic heterocycles. The molecule has 1 unspecified atom stereocenters. The van der Waals surface area contributed by atoms with Crippen molar-refractivity contribution >= 4 is 21.7 Å². The molecule has 11 heteroatoms. The predicted molar refractivity (Wildman–Crippen MR) is 71.7 cm³/mol. The molecular weight excluding hydrogens is 323 g/mol. The second-order valence-corrected chi connectivity index (χ2v) is 6.25. The summed E-state index contributed by atoms with van der Waals surface area (Å²) in [6, 6.07) is -0.289. The first kappa shape index (κ1) is 17.8. The topological polar surface area (TPSA) is 127 Å². The van der Waals surface area contributed by atoms with E-state index in [1.54, 1.807) is 0 Å². The monoisotopic (exact) mass is 336 g/mol. The molecule has 1 rings (SSSR count). The fraction of sp³-hybridized carbons (Fsp3) is 0.364. The SMILES string of the molecule is COc1c(F)cc(S(=O)(=O)N(C)C(C)C(=O)O)cc1[N+](=O)[O-]. The van der Waals surface area contributed by atoms with E-state index >= 15 is 0 Å². The van der Waals surface area contributed by atoms with Crippen LogP contribution in [0.4, 0.5) is 10.1 Å². The molecule has 1 aromatic carbocycles. The Morgan fingerprint density at radius 1 is 1.50 bits per heavy atom. The largest absolute Gasteiger partial charge is 0.488 e. The van der Waals surface area contributed by atoms with Gasteiger partial charge in [0.2, 0.25) is 15.8 Å². The maximum atomic E-state index is 13.8. The molecule has 0 fully saturated rings. The zero-order valence-electron chi connectivity index (χ0n) is 11.8. The standard InChI is InChI=1S/C11H13FN2O7S/c1-6(11(15)16)13(2)22(19,20)7-4-8(12)10(21-3)9(5-7)14(17)18/h4-6H,1-3H3,(H,15,16). The number of methoxy groups -OCH3 is 1. The Labute approximate surface area is 125 Å². The number of sulfonamides is 1. The maximum absolute atomic E-state index is 13.8. The van der Waals surface area contributed by atoms with Gasteiger partial charge in [0.05, 0.1) is 16.9 Å². The third kappa shape index (κ3) is 3.14. The molecular formula is C11H13FN2O7S. The van der Waals surface area contributed by atoms with E-state index in [1.807, 2.05) is 0 Å². The highest BCUT2D eigenvalue weighted by Gasteiger charge is 2.33. The number of hydrogen-bond donors (Lipinski definition) is 1. The summed E-state index contributed by atoms with van der Waals surface area (Å²) in [6.45, 7) is 1.11.